The zero-order valence-corrected chi connectivity index (χ0v) is 10.3. The quantitative estimate of drug-likeness (QED) is 0.821. The van der Waals surface area contributed by atoms with Gasteiger partial charge in [-0.1, -0.05) is 0 Å². The number of aliphatic carboxylic acids is 1. The van der Waals surface area contributed by atoms with E-state index in [4.69, 9.17) is 14.6 Å². The van der Waals surface area contributed by atoms with Crippen LogP contribution in [0.15, 0.2) is 0 Å². The van der Waals surface area contributed by atoms with Crippen molar-refractivity contribution >= 4 is 5.97 Å². The van der Waals surface area contributed by atoms with Crippen molar-refractivity contribution in [3.05, 3.63) is 0 Å². The summed E-state index contributed by atoms with van der Waals surface area (Å²) in [7, 11) is 0. The van der Waals surface area contributed by atoms with E-state index in [0.717, 1.165) is 38.7 Å². The van der Waals surface area contributed by atoms with Crippen molar-refractivity contribution in [3.63, 3.8) is 0 Å². The number of hydrogen-bond donors (Lipinski definition) is 1. The van der Waals surface area contributed by atoms with Crippen molar-refractivity contribution in [3.8, 4) is 0 Å². The Morgan fingerprint density at radius 3 is 2.53 bits per heavy atom. The number of hydrogen-bond acceptors (Lipinski definition) is 3. The molecule has 0 amide bonds. The molecule has 1 unspecified atom stereocenters. The fourth-order valence-corrected chi connectivity index (χ4v) is 2.66. The van der Waals surface area contributed by atoms with E-state index in [1.54, 1.807) is 0 Å². The standard InChI is InChI=1S/C13H22O4/c14-13(15)10-4-6-11(7-5-10)17-9-12-3-1-2-8-16-12/h10-12H,1-9H2,(H,14,15). The van der Waals surface area contributed by atoms with Gasteiger partial charge in [-0.05, 0) is 44.9 Å². The molecule has 1 atom stereocenters. The van der Waals surface area contributed by atoms with Gasteiger partial charge in [-0.3, -0.25) is 4.79 Å². The molecule has 2 fully saturated rings. The van der Waals surface area contributed by atoms with Crippen LogP contribution in [0.5, 0.6) is 0 Å². The minimum Gasteiger partial charge on any atom is -0.481 e. The van der Waals surface area contributed by atoms with Crippen LogP contribution in [-0.4, -0.2) is 36.5 Å². The van der Waals surface area contributed by atoms with Gasteiger partial charge < -0.3 is 14.6 Å². The SMILES string of the molecule is O=C(O)C1CCC(OCC2CCCCO2)CC1. The average Bonchev–Trinajstić information content (AvgIpc) is 2.38. The maximum Gasteiger partial charge on any atom is 0.306 e. The normalized spacial score (nSPS) is 34.5. The minimum atomic E-state index is -0.654. The first kappa shape index (κ1) is 12.8. The lowest BCUT2D eigenvalue weighted by atomic mass is 9.87. The van der Waals surface area contributed by atoms with Crippen LogP contribution in [0, 0.1) is 5.92 Å². The highest BCUT2D eigenvalue weighted by atomic mass is 16.5. The van der Waals surface area contributed by atoms with E-state index in [1.165, 1.54) is 12.8 Å². The molecule has 1 N–H and O–H groups in total. The van der Waals surface area contributed by atoms with Crippen molar-refractivity contribution in [2.75, 3.05) is 13.2 Å². The minimum absolute atomic E-state index is 0.152. The van der Waals surface area contributed by atoms with Crippen LogP contribution in [0.3, 0.4) is 0 Å². The van der Waals surface area contributed by atoms with Gasteiger partial charge in [0, 0.05) is 6.61 Å². The Bertz CT molecular complexity index is 240. The van der Waals surface area contributed by atoms with Crippen LogP contribution in [0.2, 0.25) is 0 Å². The van der Waals surface area contributed by atoms with E-state index < -0.39 is 5.97 Å². The lowest BCUT2D eigenvalue weighted by Crippen LogP contribution is -2.30. The van der Waals surface area contributed by atoms with Crippen LogP contribution >= 0.6 is 0 Å². The highest BCUT2D eigenvalue weighted by Crippen LogP contribution is 2.27. The van der Waals surface area contributed by atoms with E-state index in [9.17, 15) is 4.79 Å². The van der Waals surface area contributed by atoms with Crippen LogP contribution in [-0.2, 0) is 14.3 Å². The highest BCUT2D eigenvalue weighted by molar-refractivity contribution is 5.70. The molecule has 98 valence electrons. The number of carboxylic acids is 1. The van der Waals surface area contributed by atoms with Crippen molar-refractivity contribution in [2.45, 2.75) is 57.2 Å². The first-order chi connectivity index (χ1) is 8.25. The van der Waals surface area contributed by atoms with Gasteiger partial charge in [0.1, 0.15) is 0 Å². The summed E-state index contributed by atoms with van der Waals surface area (Å²) in [6, 6.07) is 0. The molecule has 0 bridgehead atoms. The Morgan fingerprint density at radius 1 is 1.18 bits per heavy atom. The van der Waals surface area contributed by atoms with E-state index in [-0.39, 0.29) is 18.1 Å². The smallest absolute Gasteiger partial charge is 0.306 e. The maximum atomic E-state index is 10.8. The number of ether oxygens (including phenoxy) is 2. The predicted molar refractivity (Wildman–Crippen MR) is 62.9 cm³/mol. The molecule has 0 radical (unpaired) electrons. The summed E-state index contributed by atoms with van der Waals surface area (Å²) in [5.41, 5.74) is 0. The zero-order chi connectivity index (χ0) is 12.1. The molecular weight excluding hydrogens is 220 g/mol. The molecule has 0 spiro atoms. The molecule has 0 aromatic rings. The Morgan fingerprint density at radius 2 is 1.94 bits per heavy atom. The molecule has 1 heterocycles. The molecule has 1 aliphatic heterocycles. The summed E-state index contributed by atoms with van der Waals surface area (Å²) in [6.45, 7) is 1.54. The van der Waals surface area contributed by atoms with E-state index in [1.807, 2.05) is 0 Å². The van der Waals surface area contributed by atoms with Gasteiger partial charge in [0.25, 0.3) is 0 Å². The van der Waals surface area contributed by atoms with Crippen molar-refractivity contribution in [1.82, 2.24) is 0 Å². The summed E-state index contributed by atoms with van der Waals surface area (Å²) >= 11 is 0. The summed E-state index contributed by atoms with van der Waals surface area (Å²) in [4.78, 5) is 10.8. The Hall–Kier alpha value is -0.610. The third-order valence-electron chi connectivity index (χ3n) is 3.82. The second-order valence-corrected chi connectivity index (χ2v) is 5.13. The molecule has 2 aliphatic rings. The second kappa shape index (κ2) is 6.36. The van der Waals surface area contributed by atoms with Crippen molar-refractivity contribution < 1.29 is 19.4 Å². The molecule has 17 heavy (non-hydrogen) atoms. The first-order valence-electron chi connectivity index (χ1n) is 6.71. The summed E-state index contributed by atoms with van der Waals surface area (Å²) in [6.07, 6.45) is 7.28. The van der Waals surface area contributed by atoms with Gasteiger partial charge >= 0.3 is 5.97 Å². The van der Waals surface area contributed by atoms with Gasteiger partial charge in [0.15, 0.2) is 0 Å². The Labute approximate surface area is 102 Å². The molecule has 1 saturated carbocycles. The lowest BCUT2D eigenvalue weighted by Gasteiger charge is -2.29. The number of carbonyl (C=O) groups is 1. The third kappa shape index (κ3) is 3.96. The topological polar surface area (TPSA) is 55.8 Å². The average molecular weight is 242 g/mol. The van der Waals surface area contributed by atoms with Crippen molar-refractivity contribution in [2.24, 2.45) is 5.92 Å². The van der Waals surface area contributed by atoms with Gasteiger partial charge in [0.2, 0.25) is 0 Å². The maximum absolute atomic E-state index is 10.8. The predicted octanol–water partition coefficient (Wildman–Crippen LogP) is 2.22. The lowest BCUT2D eigenvalue weighted by molar-refractivity contribution is -0.144. The van der Waals surface area contributed by atoms with E-state index in [0.29, 0.717) is 6.61 Å². The Balaban J connectivity index is 1.62. The second-order valence-electron chi connectivity index (χ2n) is 5.13. The summed E-state index contributed by atoms with van der Waals surface area (Å²) in [5.74, 6) is -0.806. The van der Waals surface area contributed by atoms with Crippen molar-refractivity contribution in [1.29, 1.82) is 0 Å². The third-order valence-corrected chi connectivity index (χ3v) is 3.82. The molecule has 1 saturated heterocycles. The van der Waals surface area contributed by atoms with Crippen LogP contribution in [0.25, 0.3) is 0 Å². The Kier molecular flexibility index (Phi) is 4.80. The monoisotopic (exact) mass is 242 g/mol. The molecule has 2 rings (SSSR count). The van der Waals surface area contributed by atoms with Crippen LogP contribution in [0.1, 0.15) is 44.9 Å². The number of rotatable bonds is 4. The molecular formula is C13H22O4. The first-order valence-corrected chi connectivity index (χ1v) is 6.71. The number of carboxylic acid groups (broad SMARTS) is 1. The largest absolute Gasteiger partial charge is 0.481 e. The van der Waals surface area contributed by atoms with E-state index in [2.05, 4.69) is 0 Å². The van der Waals surface area contributed by atoms with Gasteiger partial charge in [-0.15, -0.1) is 0 Å². The van der Waals surface area contributed by atoms with Crippen LogP contribution < -0.4 is 0 Å². The fourth-order valence-electron chi connectivity index (χ4n) is 2.66. The van der Waals surface area contributed by atoms with E-state index >= 15 is 0 Å². The fraction of sp³-hybridized carbons (Fsp3) is 0.923. The van der Waals surface area contributed by atoms with Gasteiger partial charge in [-0.2, -0.15) is 0 Å². The summed E-state index contributed by atoms with van der Waals surface area (Å²) in [5, 5.41) is 8.90. The molecule has 0 aromatic carbocycles. The highest BCUT2D eigenvalue weighted by Gasteiger charge is 2.27. The molecule has 0 aromatic heterocycles. The van der Waals surface area contributed by atoms with Gasteiger partial charge in [-0.25, -0.2) is 0 Å². The molecule has 4 nitrogen and oxygen atoms in total. The molecule has 1 aliphatic carbocycles. The summed E-state index contributed by atoms with van der Waals surface area (Å²) < 4.78 is 11.4. The molecule has 4 heteroatoms. The van der Waals surface area contributed by atoms with Gasteiger partial charge in [0.05, 0.1) is 24.7 Å². The zero-order valence-electron chi connectivity index (χ0n) is 10.3. The van der Waals surface area contributed by atoms with Crippen LogP contribution in [0.4, 0.5) is 0 Å².